The Bertz CT molecular complexity index is 227. The molecule has 1 atom stereocenters. The van der Waals surface area contributed by atoms with Crippen molar-refractivity contribution in [2.45, 2.75) is 58.0 Å². The fraction of sp³-hybridized carbons (Fsp3) is 0.923. The molecule has 2 N–H and O–H groups in total. The molecule has 1 aliphatic rings. The van der Waals surface area contributed by atoms with Crippen LogP contribution in [0.15, 0.2) is 0 Å². The van der Waals surface area contributed by atoms with Gasteiger partial charge in [0.05, 0.1) is 0 Å². The van der Waals surface area contributed by atoms with Crippen molar-refractivity contribution in [2.24, 2.45) is 0 Å². The van der Waals surface area contributed by atoms with Gasteiger partial charge in [0, 0.05) is 6.04 Å². The Morgan fingerprint density at radius 2 is 2.06 bits per heavy atom. The second-order valence-corrected chi connectivity index (χ2v) is 4.81. The lowest BCUT2D eigenvalue weighted by atomic mass is 10.00. The fourth-order valence-electron chi connectivity index (χ4n) is 2.70. The Labute approximate surface area is 104 Å². The monoisotopic (exact) mass is 242 g/mol. The summed E-state index contributed by atoms with van der Waals surface area (Å²) in [6.45, 7) is 7.05. The average Bonchev–Trinajstić information content (AvgIpc) is 2.35. The third-order valence-corrected chi connectivity index (χ3v) is 3.66. The third-order valence-electron chi connectivity index (χ3n) is 3.66. The van der Waals surface area contributed by atoms with E-state index in [2.05, 4.69) is 24.1 Å². The Morgan fingerprint density at radius 1 is 1.41 bits per heavy atom. The summed E-state index contributed by atoms with van der Waals surface area (Å²) < 4.78 is 0. The van der Waals surface area contributed by atoms with Crippen LogP contribution in [-0.4, -0.2) is 47.7 Å². The number of carboxylic acid groups (broad SMARTS) is 1. The summed E-state index contributed by atoms with van der Waals surface area (Å²) >= 11 is 0. The molecule has 4 nitrogen and oxygen atoms in total. The molecule has 1 fully saturated rings. The molecule has 1 heterocycles. The van der Waals surface area contributed by atoms with E-state index in [4.69, 9.17) is 0 Å². The number of carbonyl (C=O) groups is 1. The van der Waals surface area contributed by atoms with Crippen LogP contribution in [0.4, 0.5) is 0 Å². The Kier molecular flexibility index (Phi) is 6.52. The lowest BCUT2D eigenvalue weighted by Crippen LogP contribution is -2.50. The Morgan fingerprint density at radius 3 is 2.53 bits per heavy atom. The largest absolute Gasteiger partial charge is 0.480 e. The van der Waals surface area contributed by atoms with Crippen molar-refractivity contribution in [2.75, 3.05) is 19.6 Å². The molecule has 4 heteroatoms. The standard InChI is InChI=1S/C13H26N2O2/c1-3-5-6-12(13(16)17)15(4-2)11-7-9-14-10-8-11/h11-12,14H,3-10H2,1-2H3,(H,16,17). The second kappa shape index (κ2) is 7.67. The predicted molar refractivity (Wildman–Crippen MR) is 69.2 cm³/mol. The molecule has 0 saturated carbocycles. The van der Waals surface area contributed by atoms with Gasteiger partial charge in [-0.15, -0.1) is 0 Å². The normalized spacial score (nSPS) is 19.5. The maximum absolute atomic E-state index is 11.4. The summed E-state index contributed by atoms with van der Waals surface area (Å²) in [5, 5.41) is 12.7. The van der Waals surface area contributed by atoms with Crippen LogP contribution in [0.2, 0.25) is 0 Å². The van der Waals surface area contributed by atoms with E-state index in [0.29, 0.717) is 6.04 Å². The van der Waals surface area contributed by atoms with Crippen molar-refractivity contribution < 1.29 is 9.90 Å². The van der Waals surface area contributed by atoms with E-state index in [1.165, 1.54) is 0 Å². The van der Waals surface area contributed by atoms with Crippen LogP contribution >= 0.6 is 0 Å². The van der Waals surface area contributed by atoms with Gasteiger partial charge in [-0.3, -0.25) is 9.69 Å². The molecule has 0 aromatic carbocycles. The van der Waals surface area contributed by atoms with Gasteiger partial charge in [0.15, 0.2) is 0 Å². The van der Waals surface area contributed by atoms with Crippen molar-refractivity contribution in [3.63, 3.8) is 0 Å². The molecule has 100 valence electrons. The van der Waals surface area contributed by atoms with E-state index in [0.717, 1.165) is 51.7 Å². The molecule has 1 aliphatic heterocycles. The smallest absolute Gasteiger partial charge is 0.320 e. The first-order valence-corrected chi connectivity index (χ1v) is 6.90. The predicted octanol–water partition coefficient (Wildman–Crippen LogP) is 1.70. The molecular weight excluding hydrogens is 216 g/mol. The van der Waals surface area contributed by atoms with E-state index < -0.39 is 5.97 Å². The molecule has 1 saturated heterocycles. The molecule has 1 unspecified atom stereocenters. The number of aliphatic carboxylic acids is 1. The SMILES string of the molecule is CCCCC(C(=O)O)N(CC)C1CCNCC1. The summed E-state index contributed by atoms with van der Waals surface area (Å²) in [4.78, 5) is 13.6. The van der Waals surface area contributed by atoms with Crippen LogP contribution in [0.25, 0.3) is 0 Å². The molecule has 0 aliphatic carbocycles. The zero-order valence-electron chi connectivity index (χ0n) is 11.1. The highest BCUT2D eigenvalue weighted by Gasteiger charge is 2.30. The first kappa shape index (κ1) is 14.5. The van der Waals surface area contributed by atoms with Crippen LogP contribution in [0, 0.1) is 0 Å². The van der Waals surface area contributed by atoms with Crippen molar-refractivity contribution in [1.29, 1.82) is 0 Å². The topological polar surface area (TPSA) is 52.6 Å². The Balaban J connectivity index is 2.62. The molecule has 0 radical (unpaired) electrons. The van der Waals surface area contributed by atoms with Crippen LogP contribution in [0.1, 0.15) is 46.0 Å². The van der Waals surface area contributed by atoms with Gasteiger partial charge in [0.1, 0.15) is 6.04 Å². The zero-order valence-corrected chi connectivity index (χ0v) is 11.1. The number of hydrogen-bond acceptors (Lipinski definition) is 3. The lowest BCUT2D eigenvalue weighted by Gasteiger charge is -2.37. The minimum atomic E-state index is -0.654. The van der Waals surface area contributed by atoms with Crippen molar-refractivity contribution in [3.8, 4) is 0 Å². The van der Waals surface area contributed by atoms with Crippen molar-refractivity contribution >= 4 is 5.97 Å². The van der Waals surface area contributed by atoms with Gasteiger partial charge in [-0.2, -0.15) is 0 Å². The van der Waals surface area contributed by atoms with Gasteiger partial charge in [-0.25, -0.2) is 0 Å². The third kappa shape index (κ3) is 4.28. The van der Waals surface area contributed by atoms with Crippen molar-refractivity contribution in [1.82, 2.24) is 10.2 Å². The van der Waals surface area contributed by atoms with E-state index in [1.807, 2.05) is 0 Å². The molecule has 1 rings (SSSR count). The highest BCUT2D eigenvalue weighted by Crippen LogP contribution is 2.18. The number of rotatable bonds is 7. The summed E-state index contributed by atoms with van der Waals surface area (Å²) in [6, 6.07) is 0.155. The minimum Gasteiger partial charge on any atom is -0.480 e. The first-order valence-electron chi connectivity index (χ1n) is 6.90. The molecular formula is C13H26N2O2. The molecule has 0 spiro atoms. The summed E-state index contributed by atoms with van der Waals surface area (Å²) in [5.74, 6) is -0.654. The van der Waals surface area contributed by atoms with Crippen molar-refractivity contribution in [3.05, 3.63) is 0 Å². The van der Waals surface area contributed by atoms with E-state index >= 15 is 0 Å². The number of piperidine rings is 1. The molecule has 0 aromatic heterocycles. The first-order chi connectivity index (χ1) is 8.20. The van der Waals surface area contributed by atoms with Crippen LogP contribution < -0.4 is 5.32 Å². The number of likely N-dealkylation sites (N-methyl/N-ethyl adjacent to an activating group) is 1. The lowest BCUT2D eigenvalue weighted by molar-refractivity contribution is -0.144. The van der Waals surface area contributed by atoms with Gasteiger partial charge in [-0.05, 0) is 38.9 Å². The summed E-state index contributed by atoms with van der Waals surface area (Å²) in [5.41, 5.74) is 0. The molecule has 0 bridgehead atoms. The fourth-order valence-corrected chi connectivity index (χ4v) is 2.70. The number of nitrogens with one attached hydrogen (secondary N) is 1. The highest BCUT2D eigenvalue weighted by atomic mass is 16.4. The Hall–Kier alpha value is -0.610. The average molecular weight is 242 g/mol. The van der Waals surface area contributed by atoms with E-state index in [9.17, 15) is 9.90 Å². The van der Waals surface area contributed by atoms with Crippen LogP contribution in [-0.2, 0) is 4.79 Å². The van der Waals surface area contributed by atoms with E-state index in [1.54, 1.807) is 0 Å². The van der Waals surface area contributed by atoms with Gasteiger partial charge < -0.3 is 10.4 Å². The summed E-state index contributed by atoms with van der Waals surface area (Å²) in [6.07, 6.45) is 4.99. The minimum absolute atomic E-state index is 0.289. The van der Waals surface area contributed by atoms with E-state index in [-0.39, 0.29) is 6.04 Å². The number of nitrogens with zero attached hydrogens (tertiary/aromatic N) is 1. The van der Waals surface area contributed by atoms with Gasteiger partial charge >= 0.3 is 5.97 Å². The van der Waals surface area contributed by atoms with Crippen LogP contribution in [0.3, 0.4) is 0 Å². The maximum Gasteiger partial charge on any atom is 0.320 e. The number of hydrogen-bond donors (Lipinski definition) is 2. The number of carboxylic acids is 1. The van der Waals surface area contributed by atoms with Gasteiger partial charge in [0.25, 0.3) is 0 Å². The number of unbranched alkanes of at least 4 members (excludes halogenated alkanes) is 1. The maximum atomic E-state index is 11.4. The molecule has 17 heavy (non-hydrogen) atoms. The molecule has 0 amide bonds. The molecule has 0 aromatic rings. The highest BCUT2D eigenvalue weighted by molar-refractivity contribution is 5.73. The zero-order chi connectivity index (χ0) is 12.7. The quantitative estimate of drug-likeness (QED) is 0.713. The summed E-state index contributed by atoms with van der Waals surface area (Å²) in [7, 11) is 0. The van der Waals surface area contributed by atoms with Gasteiger partial charge in [0.2, 0.25) is 0 Å². The second-order valence-electron chi connectivity index (χ2n) is 4.81. The van der Waals surface area contributed by atoms with Crippen LogP contribution in [0.5, 0.6) is 0 Å². The van der Waals surface area contributed by atoms with Gasteiger partial charge in [-0.1, -0.05) is 26.7 Å².